The van der Waals surface area contributed by atoms with Gasteiger partial charge in [-0.15, -0.1) is 0 Å². The summed E-state index contributed by atoms with van der Waals surface area (Å²) in [5.41, 5.74) is 7.03. The third-order valence-electron chi connectivity index (χ3n) is 2.65. The zero-order valence-corrected chi connectivity index (χ0v) is 10.3. The van der Waals surface area contributed by atoms with Crippen LogP contribution in [-0.4, -0.2) is 17.7 Å². The van der Waals surface area contributed by atoms with E-state index in [0.29, 0.717) is 5.69 Å². The van der Waals surface area contributed by atoms with E-state index in [-0.39, 0.29) is 6.42 Å². The van der Waals surface area contributed by atoms with Gasteiger partial charge in [0.15, 0.2) is 5.92 Å². The van der Waals surface area contributed by atoms with E-state index < -0.39 is 23.6 Å². The predicted molar refractivity (Wildman–Crippen MR) is 64.3 cm³/mol. The summed E-state index contributed by atoms with van der Waals surface area (Å²) >= 11 is 0. The van der Waals surface area contributed by atoms with E-state index >= 15 is 0 Å². The highest BCUT2D eigenvalue weighted by atomic mass is 16.7. The molecule has 1 fully saturated rings. The quantitative estimate of drug-likeness (QED) is 0.485. The maximum atomic E-state index is 11.8. The smallest absolute Gasteiger partial charge is 0.323 e. The number of esters is 2. The molecular formula is C13H15NO4. The number of hydrogen-bond acceptors (Lipinski definition) is 5. The van der Waals surface area contributed by atoms with Crippen LogP contribution in [0.15, 0.2) is 24.3 Å². The van der Waals surface area contributed by atoms with Gasteiger partial charge < -0.3 is 15.2 Å². The minimum Gasteiger partial charge on any atom is -0.422 e. The van der Waals surface area contributed by atoms with Gasteiger partial charge in [0.25, 0.3) is 5.79 Å². The Morgan fingerprint density at radius 3 is 2.39 bits per heavy atom. The molecule has 0 aliphatic carbocycles. The molecule has 0 atom stereocenters. The van der Waals surface area contributed by atoms with Gasteiger partial charge in [0, 0.05) is 19.5 Å². The van der Waals surface area contributed by atoms with Crippen LogP contribution in [0.5, 0.6) is 0 Å². The molecule has 1 aliphatic rings. The number of carbonyl (C=O) groups excluding carboxylic acids is 2. The van der Waals surface area contributed by atoms with Gasteiger partial charge in [-0.2, -0.15) is 0 Å². The molecule has 1 aromatic rings. The SMILES string of the molecule is CC1(C)OC(=O)C(Cc2cccc(N)c2)C(=O)O1. The van der Waals surface area contributed by atoms with Crippen LogP contribution in [0, 0.1) is 5.92 Å². The van der Waals surface area contributed by atoms with Crippen molar-refractivity contribution in [3.05, 3.63) is 29.8 Å². The molecule has 1 aromatic carbocycles. The molecular weight excluding hydrogens is 234 g/mol. The summed E-state index contributed by atoms with van der Waals surface area (Å²) in [5.74, 6) is -3.21. The zero-order chi connectivity index (χ0) is 13.3. The number of carbonyl (C=O) groups is 2. The summed E-state index contributed by atoms with van der Waals surface area (Å²) < 4.78 is 10.1. The average molecular weight is 249 g/mol. The summed E-state index contributed by atoms with van der Waals surface area (Å²) in [6.07, 6.45) is 0.235. The Bertz CT molecular complexity index is 476. The molecule has 2 N–H and O–H groups in total. The zero-order valence-electron chi connectivity index (χ0n) is 10.3. The predicted octanol–water partition coefficient (Wildman–Crippen LogP) is 1.26. The van der Waals surface area contributed by atoms with E-state index in [2.05, 4.69) is 0 Å². The third kappa shape index (κ3) is 2.61. The molecule has 1 heterocycles. The van der Waals surface area contributed by atoms with Crippen molar-refractivity contribution in [2.45, 2.75) is 26.1 Å². The van der Waals surface area contributed by atoms with Gasteiger partial charge in [0.1, 0.15) is 0 Å². The molecule has 96 valence electrons. The molecule has 1 saturated heterocycles. The molecule has 0 amide bonds. The first kappa shape index (κ1) is 12.4. The highest BCUT2D eigenvalue weighted by molar-refractivity contribution is 5.96. The summed E-state index contributed by atoms with van der Waals surface area (Å²) in [6.45, 7) is 3.05. The van der Waals surface area contributed by atoms with Gasteiger partial charge in [-0.3, -0.25) is 9.59 Å². The Morgan fingerprint density at radius 2 is 1.83 bits per heavy atom. The topological polar surface area (TPSA) is 78.6 Å². The largest absolute Gasteiger partial charge is 0.422 e. The van der Waals surface area contributed by atoms with Gasteiger partial charge in [0.05, 0.1) is 0 Å². The first-order valence-corrected chi connectivity index (χ1v) is 5.67. The fourth-order valence-corrected chi connectivity index (χ4v) is 1.87. The Balaban J connectivity index is 2.15. The molecule has 2 rings (SSSR count). The molecule has 18 heavy (non-hydrogen) atoms. The minimum atomic E-state index is -1.18. The van der Waals surface area contributed by atoms with Crippen molar-refractivity contribution in [2.24, 2.45) is 5.92 Å². The number of nitrogen functional groups attached to an aromatic ring is 1. The van der Waals surface area contributed by atoms with E-state index in [1.54, 1.807) is 24.3 Å². The number of cyclic esters (lactones) is 2. The van der Waals surface area contributed by atoms with E-state index in [4.69, 9.17) is 15.2 Å². The van der Waals surface area contributed by atoms with Crippen LogP contribution in [0.4, 0.5) is 5.69 Å². The minimum absolute atomic E-state index is 0.235. The van der Waals surface area contributed by atoms with Gasteiger partial charge >= 0.3 is 11.9 Å². The van der Waals surface area contributed by atoms with E-state index in [0.717, 1.165) is 5.56 Å². The van der Waals surface area contributed by atoms with Gasteiger partial charge in [-0.25, -0.2) is 0 Å². The normalized spacial score (nSPS) is 19.2. The number of anilines is 1. The second-order valence-electron chi connectivity index (χ2n) is 4.74. The maximum absolute atomic E-state index is 11.8. The Morgan fingerprint density at radius 1 is 1.22 bits per heavy atom. The van der Waals surface area contributed by atoms with Gasteiger partial charge in [-0.05, 0) is 24.1 Å². The Labute approximate surface area is 105 Å². The molecule has 0 saturated carbocycles. The number of nitrogens with two attached hydrogens (primary N) is 1. The number of rotatable bonds is 2. The van der Waals surface area contributed by atoms with Crippen molar-refractivity contribution in [1.29, 1.82) is 0 Å². The highest BCUT2D eigenvalue weighted by Crippen LogP contribution is 2.25. The van der Waals surface area contributed by atoms with Crippen LogP contribution >= 0.6 is 0 Å². The molecule has 0 unspecified atom stereocenters. The highest BCUT2D eigenvalue weighted by Gasteiger charge is 2.42. The molecule has 0 spiro atoms. The molecule has 1 aliphatic heterocycles. The number of hydrogen-bond donors (Lipinski definition) is 1. The second-order valence-corrected chi connectivity index (χ2v) is 4.74. The summed E-state index contributed by atoms with van der Waals surface area (Å²) in [4.78, 5) is 23.5. The lowest BCUT2D eigenvalue weighted by atomic mass is 9.98. The van der Waals surface area contributed by atoms with Crippen LogP contribution in [0.2, 0.25) is 0 Å². The van der Waals surface area contributed by atoms with Crippen molar-refractivity contribution in [2.75, 3.05) is 5.73 Å². The number of ether oxygens (including phenoxy) is 2. The molecule has 0 bridgehead atoms. The molecule has 5 heteroatoms. The molecule has 0 aromatic heterocycles. The van der Waals surface area contributed by atoms with Crippen molar-refractivity contribution in [1.82, 2.24) is 0 Å². The van der Waals surface area contributed by atoms with Crippen LogP contribution in [0.25, 0.3) is 0 Å². The fraction of sp³-hybridized carbons (Fsp3) is 0.385. The number of benzene rings is 1. The van der Waals surface area contributed by atoms with Crippen molar-refractivity contribution in [3.8, 4) is 0 Å². The lowest BCUT2D eigenvalue weighted by molar-refractivity contribution is -0.239. The van der Waals surface area contributed by atoms with Crippen molar-refractivity contribution < 1.29 is 19.1 Å². The third-order valence-corrected chi connectivity index (χ3v) is 2.65. The van der Waals surface area contributed by atoms with Crippen molar-refractivity contribution in [3.63, 3.8) is 0 Å². The van der Waals surface area contributed by atoms with Gasteiger partial charge in [-0.1, -0.05) is 12.1 Å². The maximum Gasteiger partial charge on any atom is 0.323 e. The van der Waals surface area contributed by atoms with E-state index in [9.17, 15) is 9.59 Å². The molecule has 5 nitrogen and oxygen atoms in total. The summed E-state index contributed by atoms with van der Waals surface area (Å²) in [5, 5.41) is 0. The van der Waals surface area contributed by atoms with Gasteiger partial charge in [0.2, 0.25) is 0 Å². The molecule has 0 radical (unpaired) electrons. The first-order chi connectivity index (χ1) is 8.37. The van der Waals surface area contributed by atoms with Crippen molar-refractivity contribution >= 4 is 17.6 Å². The van der Waals surface area contributed by atoms with E-state index in [1.165, 1.54) is 13.8 Å². The fourth-order valence-electron chi connectivity index (χ4n) is 1.87. The Kier molecular flexibility index (Phi) is 2.98. The van der Waals surface area contributed by atoms with Crippen LogP contribution in [-0.2, 0) is 25.5 Å². The summed E-state index contributed by atoms with van der Waals surface area (Å²) in [6, 6.07) is 7.04. The van der Waals surface area contributed by atoms with Crippen LogP contribution in [0.1, 0.15) is 19.4 Å². The summed E-state index contributed by atoms with van der Waals surface area (Å²) in [7, 11) is 0. The van der Waals surface area contributed by atoms with Crippen LogP contribution in [0.3, 0.4) is 0 Å². The Hall–Kier alpha value is -2.04. The van der Waals surface area contributed by atoms with E-state index in [1.807, 2.05) is 0 Å². The second kappa shape index (κ2) is 4.33. The lowest BCUT2D eigenvalue weighted by Crippen LogP contribution is -2.46. The first-order valence-electron chi connectivity index (χ1n) is 5.67. The lowest BCUT2D eigenvalue weighted by Gasteiger charge is -2.32. The monoisotopic (exact) mass is 249 g/mol. The average Bonchev–Trinajstić information content (AvgIpc) is 2.22. The standard InChI is InChI=1S/C13H15NO4/c1-13(2)17-11(15)10(12(16)18-13)7-8-4-3-5-9(14)6-8/h3-6,10H,7,14H2,1-2H3. The van der Waals surface area contributed by atoms with Crippen LogP contribution < -0.4 is 5.73 Å².